The standard InChI is InChI=1S/C3H3NOS2/c5-1-4(2-6)3-7/h1-3H. The van der Waals surface area contributed by atoms with Gasteiger partial charge < -0.3 is 0 Å². The van der Waals surface area contributed by atoms with Gasteiger partial charge in [0.1, 0.15) is 0 Å². The van der Waals surface area contributed by atoms with Crippen LogP contribution >= 0.6 is 24.4 Å². The molecule has 0 fully saturated rings. The first kappa shape index (κ1) is 6.65. The van der Waals surface area contributed by atoms with E-state index in [4.69, 9.17) is 0 Å². The van der Waals surface area contributed by atoms with E-state index in [0.717, 1.165) is 4.90 Å². The van der Waals surface area contributed by atoms with Gasteiger partial charge in [0.05, 0.1) is 11.0 Å². The Labute approximate surface area is 52.1 Å². The molecule has 1 amide bonds. The normalized spacial score (nSPS) is 6.86. The van der Waals surface area contributed by atoms with Gasteiger partial charge in [-0.3, -0.25) is 9.69 Å². The molecule has 0 radical (unpaired) electrons. The van der Waals surface area contributed by atoms with Crippen molar-refractivity contribution < 1.29 is 4.79 Å². The zero-order chi connectivity index (χ0) is 5.70. The van der Waals surface area contributed by atoms with Gasteiger partial charge in [-0.05, 0) is 0 Å². The van der Waals surface area contributed by atoms with Gasteiger partial charge in [-0.1, -0.05) is 24.4 Å². The Morgan fingerprint density at radius 3 is 1.71 bits per heavy atom. The number of hydrogen-bond donors (Lipinski definition) is 0. The zero-order valence-corrected chi connectivity index (χ0v) is 5.04. The molecular weight excluding hydrogens is 130 g/mol. The molecule has 0 bridgehead atoms. The average Bonchev–Trinajstić information content (AvgIpc) is 1.72. The van der Waals surface area contributed by atoms with E-state index in [0.29, 0.717) is 6.41 Å². The molecule has 0 N–H and O–H groups in total. The number of rotatable bonds is 3. The van der Waals surface area contributed by atoms with Crippen molar-refractivity contribution in [3.8, 4) is 0 Å². The molecule has 38 valence electrons. The number of carbonyl (C=O) groups is 1. The Hall–Kier alpha value is -0.350. The second kappa shape index (κ2) is 3.83. The lowest BCUT2D eigenvalue weighted by molar-refractivity contribution is -0.112. The highest BCUT2D eigenvalue weighted by Gasteiger charge is 1.82. The molecule has 2 nitrogen and oxygen atoms in total. The molecule has 7 heavy (non-hydrogen) atoms. The minimum Gasteiger partial charge on any atom is -0.278 e. The summed E-state index contributed by atoms with van der Waals surface area (Å²) in [6.07, 6.45) is 0.542. The Bertz CT molecular complexity index is 73.9. The number of hydrogen-bond acceptors (Lipinski definition) is 3. The largest absolute Gasteiger partial charge is 0.278 e. The van der Waals surface area contributed by atoms with E-state index < -0.39 is 0 Å². The maximum absolute atomic E-state index is 9.70. The van der Waals surface area contributed by atoms with E-state index in [9.17, 15) is 4.79 Å². The summed E-state index contributed by atoms with van der Waals surface area (Å²) in [5, 5.41) is 0. The van der Waals surface area contributed by atoms with Gasteiger partial charge in [0, 0.05) is 0 Å². The van der Waals surface area contributed by atoms with Crippen molar-refractivity contribution in [1.29, 1.82) is 0 Å². The van der Waals surface area contributed by atoms with Crippen molar-refractivity contribution in [2.45, 2.75) is 0 Å². The van der Waals surface area contributed by atoms with Gasteiger partial charge in [0.2, 0.25) is 6.41 Å². The first-order valence-electron chi connectivity index (χ1n) is 1.48. The van der Waals surface area contributed by atoms with Gasteiger partial charge in [0.15, 0.2) is 0 Å². The third-order valence-corrected chi connectivity index (χ3v) is 0.852. The predicted octanol–water partition coefficient (Wildman–Crippen LogP) is 0.359. The van der Waals surface area contributed by atoms with E-state index in [1.165, 1.54) is 11.0 Å². The average molecular weight is 133 g/mol. The third-order valence-electron chi connectivity index (χ3n) is 0.365. The van der Waals surface area contributed by atoms with Gasteiger partial charge in [-0.25, -0.2) is 0 Å². The van der Waals surface area contributed by atoms with Crippen LogP contribution in [0.25, 0.3) is 0 Å². The summed E-state index contributed by atoms with van der Waals surface area (Å²) in [5.74, 6) is 0. The van der Waals surface area contributed by atoms with E-state index in [1.807, 2.05) is 0 Å². The molecule has 0 unspecified atom stereocenters. The van der Waals surface area contributed by atoms with Crippen LogP contribution in [0.1, 0.15) is 0 Å². The van der Waals surface area contributed by atoms with Crippen LogP contribution < -0.4 is 0 Å². The summed E-state index contributed by atoms with van der Waals surface area (Å²) in [5.41, 5.74) is 2.33. The molecule has 0 aromatic heterocycles. The van der Waals surface area contributed by atoms with E-state index in [-0.39, 0.29) is 0 Å². The maximum Gasteiger partial charge on any atom is 0.219 e. The highest BCUT2D eigenvalue weighted by molar-refractivity contribution is 7.80. The number of thiocarbonyl (C=S) groups is 2. The van der Waals surface area contributed by atoms with Crippen LogP contribution in [0.5, 0.6) is 0 Å². The fourth-order valence-corrected chi connectivity index (χ4v) is 0.373. The van der Waals surface area contributed by atoms with Crippen LogP contribution in [-0.2, 0) is 4.79 Å². The summed E-state index contributed by atoms with van der Waals surface area (Å²) in [4.78, 5) is 10.8. The van der Waals surface area contributed by atoms with Crippen LogP contribution in [0.2, 0.25) is 0 Å². The summed E-state index contributed by atoms with van der Waals surface area (Å²) in [6.45, 7) is 0. The summed E-state index contributed by atoms with van der Waals surface area (Å²) in [6, 6.07) is 0. The van der Waals surface area contributed by atoms with Crippen LogP contribution in [-0.4, -0.2) is 22.3 Å². The molecule has 0 aliphatic carbocycles. The van der Waals surface area contributed by atoms with Gasteiger partial charge >= 0.3 is 0 Å². The molecule has 0 aliphatic rings. The lowest BCUT2D eigenvalue weighted by atomic mass is 11.0. The number of carbonyl (C=O) groups excluding carboxylic acids is 1. The number of nitrogens with zero attached hydrogens (tertiary/aromatic N) is 1. The van der Waals surface area contributed by atoms with E-state index in [1.54, 1.807) is 0 Å². The summed E-state index contributed by atoms with van der Waals surface area (Å²) in [7, 11) is 0. The Balaban J connectivity index is 3.57. The SMILES string of the molecule is O=CN(C=S)C=S. The lowest BCUT2D eigenvalue weighted by Gasteiger charge is -1.95. The fraction of sp³-hybridized carbons (Fsp3) is 0. The quantitative estimate of drug-likeness (QED) is 0.409. The summed E-state index contributed by atoms with van der Waals surface area (Å²) < 4.78 is 0. The number of amides is 1. The smallest absolute Gasteiger partial charge is 0.219 e. The van der Waals surface area contributed by atoms with Crippen LogP contribution in [0.4, 0.5) is 0 Å². The lowest BCUT2D eigenvalue weighted by Crippen LogP contribution is -2.13. The minimum atomic E-state index is 0.542. The van der Waals surface area contributed by atoms with Crippen LogP contribution in [0, 0.1) is 0 Å². The molecule has 0 heterocycles. The molecule has 0 saturated heterocycles. The topological polar surface area (TPSA) is 20.3 Å². The molecule has 0 spiro atoms. The molecule has 0 aromatic carbocycles. The fourth-order valence-electron chi connectivity index (χ4n) is 0.0745. The first-order valence-corrected chi connectivity index (χ1v) is 2.42. The Kier molecular flexibility index (Phi) is 3.64. The molecule has 4 heteroatoms. The molecule has 0 aliphatic heterocycles. The van der Waals surface area contributed by atoms with Gasteiger partial charge in [-0.15, -0.1) is 0 Å². The molecule has 0 saturated carbocycles. The molecular formula is C3H3NOS2. The Morgan fingerprint density at radius 2 is 1.71 bits per heavy atom. The van der Waals surface area contributed by atoms with Crippen molar-refractivity contribution in [3.05, 3.63) is 0 Å². The zero-order valence-electron chi connectivity index (χ0n) is 3.40. The highest BCUT2D eigenvalue weighted by atomic mass is 32.1. The van der Waals surface area contributed by atoms with Gasteiger partial charge in [0.25, 0.3) is 0 Å². The van der Waals surface area contributed by atoms with Gasteiger partial charge in [-0.2, -0.15) is 0 Å². The van der Waals surface area contributed by atoms with Crippen molar-refractivity contribution in [1.82, 2.24) is 4.90 Å². The van der Waals surface area contributed by atoms with Crippen molar-refractivity contribution in [2.24, 2.45) is 0 Å². The second-order valence-electron chi connectivity index (χ2n) is 0.763. The predicted molar refractivity (Wildman–Crippen MR) is 35.2 cm³/mol. The van der Waals surface area contributed by atoms with E-state index in [2.05, 4.69) is 24.4 Å². The van der Waals surface area contributed by atoms with E-state index >= 15 is 0 Å². The second-order valence-corrected chi connectivity index (χ2v) is 1.19. The molecule has 0 aromatic rings. The maximum atomic E-state index is 9.70. The monoisotopic (exact) mass is 133 g/mol. The highest BCUT2D eigenvalue weighted by Crippen LogP contribution is 1.67. The van der Waals surface area contributed by atoms with Crippen molar-refractivity contribution >= 4 is 41.8 Å². The van der Waals surface area contributed by atoms with Crippen LogP contribution in [0.3, 0.4) is 0 Å². The summed E-state index contributed by atoms with van der Waals surface area (Å²) >= 11 is 8.69. The third kappa shape index (κ3) is 2.36. The molecule has 0 atom stereocenters. The first-order chi connectivity index (χ1) is 3.35. The van der Waals surface area contributed by atoms with Crippen molar-refractivity contribution in [3.63, 3.8) is 0 Å². The van der Waals surface area contributed by atoms with Crippen molar-refractivity contribution in [2.75, 3.05) is 0 Å². The minimum absolute atomic E-state index is 0.542. The van der Waals surface area contributed by atoms with Crippen LogP contribution in [0.15, 0.2) is 0 Å². The molecule has 0 rings (SSSR count). The Morgan fingerprint density at radius 1 is 1.29 bits per heavy atom.